The summed E-state index contributed by atoms with van der Waals surface area (Å²) in [6, 6.07) is 18.1. The molecule has 0 aliphatic carbocycles. The number of unbranched alkanes of at least 4 members (excludes halogenated alkanes) is 1. The molecule has 1 atom stereocenters. The molecule has 1 aliphatic rings. The minimum absolute atomic E-state index is 0.442. The summed E-state index contributed by atoms with van der Waals surface area (Å²) in [7, 11) is 0. The average molecular weight is 251 g/mol. The first-order chi connectivity index (χ1) is 9.36. The topological polar surface area (TPSA) is 12.0 Å². The number of hydrogen-bond acceptors (Lipinski definition) is 1. The van der Waals surface area contributed by atoms with Gasteiger partial charge in [-0.2, -0.15) is 0 Å². The quantitative estimate of drug-likeness (QED) is 0.827. The van der Waals surface area contributed by atoms with Gasteiger partial charge in [0.1, 0.15) is 0 Å². The summed E-state index contributed by atoms with van der Waals surface area (Å²) in [5.41, 5.74) is 5.65. The van der Waals surface area contributed by atoms with Gasteiger partial charge in [-0.1, -0.05) is 55.8 Å². The molecule has 0 fully saturated rings. The predicted octanol–water partition coefficient (Wildman–Crippen LogP) is 4.74. The monoisotopic (exact) mass is 251 g/mol. The van der Waals surface area contributed by atoms with E-state index in [1.54, 1.807) is 0 Å². The minimum Gasteiger partial charge on any atom is -0.378 e. The van der Waals surface area contributed by atoms with E-state index >= 15 is 0 Å². The molecular formula is C18H21N. The zero-order chi connectivity index (χ0) is 13.1. The Morgan fingerprint density at radius 1 is 1.11 bits per heavy atom. The molecule has 1 nitrogen and oxygen atoms in total. The fraction of sp³-hybridized carbons (Fsp3) is 0.333. The van der Waals surface area contributed by atoms with Gasteiger partial charge in [0.25, 0.3) is 0 Å². The van der Waals surface area contributed by atoms with Crippen LogP contribution in [0, 0.1) is 0 Å². The van der Waals surface area contributed by atoms with E-state index in [9.17, 15) is 0 Å². The summed E-state index contributed by atoms with van der Waals surface area (Å²) in [6.07, 6.45) is 4.87. The summed E-state index contributed by atoms with van der Waals surface area (Å²) in [5, 5.41) is 3.63. The van der Waals surface area contributed by atoms with Crippen LogP contribution in [-0.2, 0) is 12.8 Å². The van der Waals surface area contributed by atoms with Crippen LogP contribution >= 0.6 is 0 Å². The standard InChI is InChI=1S/C18H21N/c1-2-3-7-14-10-11-17-16(12-14)13-18(19-17)15-8-5-4-6-9-15/h4-6,8-12,18-19H,2-3,7,13H2,1H3. The Morgan fingerprint density at radius 3 is 2.74 bits per heavy atom. The van der Waals surface area contributed by atoms with Crippen LogP contribution in [-0.4, -0.2) is 0 Å². The second-order valence-corrected chi connectivity index (χ2v) is 5.41. The van der Waals surface area contributed by atoms with Crippen molar-refractivity contribution < 1.29 is 0 Å². The molecular weight excluding hydrogens is 230 g/mol. The zero-order valence-electron chi connectivity index (χ0n) is 11.5. The summed E-state index contributed by atoms with van der Waals surface area (Å²) >= 11 is 0. The van der Waals surface area contributed by atoms with Crippen molar-refractivity contribution in [3.8, 4) is 0 Å². The fourth-order valence-electron chi connectivity index (χ4n) is 2.84. The van der Waals surface area contributed by atoms with Crippen LogP contribution in [0.5, 0.6) is 0 Å². The lowest BCUT2D eigenvalue weighted by atomic mass is 10.0. The van der Waals surface area contributed by atoms with Crippen molar-refractivity contribution in [1.29, 1.82) is 0 Å². The smallest absolute Gasteiger partial charge is 0.0555 e. The van der Waals surface area contributed by atoms with Crippen LogP contribution in [0.1, 0.15) is 42.5 Å². The van der Waals surface area contributed by atoms with Crippen molar-refractivity contribution >= 4 is 5.69 Å². The third kappa shape index (κ3) is 2.65. The normalized spacial score (nSPS) is 17.0. The maximum absolute atomic E-state index is 3.63. The number of hydrogen-bond donors (Lipinski definition) is 1. The Balaban J connectivity index is 1.77. The first-order valence-electron chi connectivity index (χ1n) is 7.30. The summed E-state index contributed by atoms with van der Waals surface area (Å²) < 4.78 is 0. The number of rotatable bonds is 4. The van der Waals surface area contributed by atoms with Gasteiger partial charge in [0, 0.05) is 5.69 Å². The Labute approximate surface area is 115 Å². The number of anilines is 1. The molecule has 19 heavy (non-hydrogen) atoms. The Hall–Kier alpha value is -1.76. The molecule has 0 aromatic heterocycles. The van der Waals surface area contributed by atoms with Gasteiger partial charge < -0.3 is 5.32 Å². The van der Waals surface area contributed by atoms with Gasteiger partial charge in [0.05, 0.1) is 6.04 Å². The van der Waals surface area contributed by atoms with Crippen LogP contribution < -0.4 is 5.32 Å². The lowest BCUT2D eigenvalue weighted by Crippen LogP contribution is -2.04. The maximum Gasteiger partial charge on any atom is 0.0555 e. The third-order valence-corrected chi connectivity index (χ3v) is 3.94. The van der Waals surface area contributed by atoms with E-state index in [0.717, 1.165) is 6.42 Å². The van der Waals surface area contributed by atoms with Crippen LogP contribution in [0.25, 0.3) is 0 Å². The average Bonchev–Trinajstić information content (AvgIpc) is 2.89. The number of fused-ring (bicyclic) bond motifs is 1. The van der Waals surface area contributed by atoms with E-state index in [4.69, 9.17) is 0 Å². The lowest BCUT2D eigenvalue weighted by Gasteiger charge is -2.10. The summed E-state index contributed by atoms with van der Waals surface area (Å²) in [5.74, 6) is 0. The summed E-state index contributed by atoms with van der Waals surface area (Å²) in [6.45, 7) is 2.25. The number of benzene rings is 2. The Kier molecular flexibility index (Phi) is 3.54. The molecule has 1 aliphatic heterocycles. The van der Waals surface area contributed by atoms with Crippen LogP contribution in [0.15, 0.2) is 48.5 Å². The molecule has 1 heteroatoms. The van der Waals surface area contributed by atoms with Crippen molar-refractivity contribution in [2.24, 2.45) is 0 Å². The van der Waals surface area contributed by atoms with Gasteiger partial charge in [0.2, 0.25) is 0 Å². The predicted molar refractivity (Wildman–Crippen MR) is 81.6 cm³/mol. The van der Waals surface area contributed by atoms with Crippen molar-refractivity contribution in [2.75, 3.05) is 5.32 Å². The molecule has 2 aromatic rings. The van der Waals surface area contributed by atoms with E-state index in [2.05, 4.69) is 60.8 Å². The number of nitrogens with one attached hydrogen (secondary N) is 1. The molecule has 0 bridgehead atoms. The van der Waals surface area contributed by atoms with E-state index < -0.39 is 0 Å². The highest BCUT2D eigenvalue weighted by molar-refractivity contribution is 5.59. The van der Waals surface area contributed by atoms with Crippen LogP contribution in [0.2, 0.25) is 0 Å². The molecule has 2 aromatic carbocycles. The molecule has 1 N–H and O–H groups in total. The van der Waals surface area contributed by atoms with Gasteiger partial charge >= 0.3 is 0 Å². The highest BCUT2D eigenvalue weighted by Gasteiger charge is 2.21. The van der Waals surface area contributed by atoms with Crippen molar-refractivity contribution in [1.82, 2.24) is 0 Å². The molecule has 0 radical (unpaired) electrons. The van der Waals surface area contributed by atoms with Crippen LogP contribution in [0.4, 0.5) is 5.69 Å². The van der Waals surface area contributed by atoms with Gasteiger partial charge in [-0.15, -0.1) is 0 Å². The molecule has 0 saturated carbocycles. The molecule has 1 heterocycles. The minimum atomic E-state index is 0.442. The SMILES string of the molecule is CCCCc1ccc2c(c1)CC(c1ccccc1)N2. The second kappa shape index (κ2) is 5.48. The van der Waals surface area contributed by atoms with E-state index in [-0.39, 0.29) is 0 Å². The first kappa shape index (κ1) is 12.3. The molecule has 1 unspecified atom stereocenters. The highest BCUT2D eigenvalue weighted by Crippen LogP contribution is 2.34. The van der Waals surface area contributed by atoms with Crippen molar-refractivity contribution in [3.63, 3.8) is 0 Å². The van der Waals surface area contributed by atoms with E-state index in [0.29, 0.717) is 6.04 Å². The largest absolute Gasteiger partial charge is 0.378 e. The lowest BCUT2D eigenvalue weighted by molar-refractivity contribution is 0.792. The molecule has 0 amide bonds. The van der Waals surface area contributed by atoms with Gasteiger partial charge in [0.15, 0.2) is 0 Å². The fourth-order valence-corrected chi connectivity index (χ4v) is 2.84. The van der Waals surface area contributed by atoms with Crippen molar-refractivity contribution in [3.05, 3.63) is 65.2 Å². The second-order valence-electron chi connectivity index (χ2n) is 5.41. The molecule has 3 rings (SSSR count). The van der Waals surface area contributed by atoms with Gasteiger partial charge in [-0.25, -0.2) is 0 Å². The molecule has 0 saturated heterocycles. The number of aryl methyl sites for hydroxylation is 1. The van der Waals surface area contributed by atoms with Gasteiger partial charge in [-0.3, -0.25) is 0 Å². The Bertz CT molecular complexity index is 545. The zero-order valence-corrected chi connectivity index (χ0v) is 11.5. The van der Waals surface area contributed by atoms with Crippen LogP contribution in [0.3, 0.4) is 0 Å². The third-order valence-electron chi connectivity index (χ3n) is 3.94. The molecule has 0 spiro atoms. The Morgan fingerprint density at radius 2 is 1.95 bits per heavy atom. The van der Waals surface area contributed by atoms with Crippen molar-refractivity contribution in [2.45, 2.75) is 38.6 Å². The maximum atomic E-state index is 3.63. The van der Waals surface area contributed by atoms with E-state index in [1.807, 2.05) is 0 Å². The highest BCUT2D eigenvalue weighted by atomic mass is 14.9. The first-order valence-corrected chi connectivity index (χ1v) is 7.30. The van der Waals surface area contributed by atoms with Gasteiger partial charge in [-0.05, 0) is 42.0 Å². The van der Waals surface area contributed by atoms with E-state index in [1.165, 1.54) is 41.6 Å². The molecule has 98 valence electrons. The summed E-state index contributed by atoms with van der Waals surface area (Å²) in [4.78, 5) is 0.